The van der Waals surface area contributed by atoms with Crippen molar-refractivity contribution in [3.05, 3.63) is 70.7 Å². The summed E-state index contributed by atoms with van der Waals surface area (Å²) in [6, 6.07) is 17.6. The molecule has 92 valence electrons. The topological polar surface area (TPSA) is 17.1 Å². The molecule has 0 bridgehead atoms. The van der Waals surface area contributed by atoms with Gasteiger partial charge in [0.15, 0.2) is 0 Å². The first-order chi connectivity index (χ1) is 8.66. The molecule has 2 aromatic rings. The van der Waals surface area contributed by atoms with E-state index in [4.69, 9.17) is 11.6 Å². The van der Waals surface area contributed by atoms with E-state index in [1.54, 1.807) is 6.92 Å². The Bertz CT molecular complexity index is 517. The SMILES string of the molecule is CC(=O)[C@@H](Cc1ccccc1)c1ccc(Cl)cc1. The molecule has 1 atom stereocenters. The highest BCUT2D eigenvalue weighted by Crippen LogP contribution is 2.23. The largest absolute Gasteiger partial charge is 0.299 e. The quantitative estimate of drug-likeness (QED) is 0.801. The maximum atomic E-state index is 11.8. The van der Waals surface area contributed by atoms with Gasteiger partial charge in [0.2, 0.25) is 0 Å². The van der Waals surface area contributed by atoms with Crippen LogP contribution in [0, 0.1) is 0 Å². The summed E-state index contributed by atoms with van der Waals surface area (Å²) >= 11 is 5.87. The van der Waals surface area contributed by atoms with Crippen LogP contribution in [0.2, 0.25) is 5.02 Å². The molecule has 2 aromatic carbocycles. The number of carbonyl (C=O) groups is 1. The molecular formula is C16H15ClO. The fourth-order valence-corrected chi connectivity index (χ4v) is 2.17. The molecule has 0 fully saturated rings. The summed E-state index contributed by atoms with van der Waals surface area (Å²) in [6.45, 7) is 1.64. The molecule has 0 aliphatic carbocycles. The molecule has 0 spiro atoms. The summed E-state index contributed by atoms with van der Waals surface area (Å²) in [6.07, 6.45) is 0.734. The van der Waals surface area contributed by atoms with E-state index in [2.05, 4.69) is 0 Å². The van der Waals surface area contributed by atoms with Gasteiger partial charge in [-0.05, 0) is 36.6 Å². The van der Waals surface area contributed by atoms with E-state index in [9.17, 15) is 4.79 Å². The van der Waals surface area contributed by atoms with E-state index in [0.29, 0.717) is 5.02 Å². The van der Waals surface area contributed by atoms with Gasteiger partial charge >= 0.3 is 0 Å². The minimum Gasteiger partial charge on any atom is -0.299 e. The van der Waals surface area contributed by atoms with Crippen molar-refractivity contribution < 1.29 is 4.79 Å². The minimum absolute atomic E-state index is 0.0929. The molecule has 0 N–H and O–H groups in total. The molecular weight excluding hydrogens is 244 g/mol. The van der Waals surface area contributed by atoms with E-state index < -0.39 is 0 Å². The van der Waals surface area contributed by atoms with E-state index in [0.717, 1.165) is 12.0 Å². The zero-order chi connectivity index (χ0) is 13.0. The van der Waals surface area contributed by atoms with E-state index in [1.165, 1.54) is 5.56 Å². The Morgan fingerprint density at radius 2 is 1.67 bits per heavy atom. The molecule has 2 heteroatoms. The van der Waals surface area contributed by atoms with Crippen molar-refractivity contribution in [3.63, 3.8) is 0 Å². The molecule has 0 saturated heterocycles. The van der Waals surface area contributed by atoms with Crippen LogP contribution >= 0.6 is 11.6 Å². The monoisotopic (exact) mass is 258 g/mol. The Morgan fingerprint density at radius 3 is 2.22 bits per heavy atom. The highest BCUT2D eigenvalue weighted by atomic mass is 35.5. The van der Waals surface area contributed by atoms with Crippen LogP contribution in [-0.2, 0) is 11.2 Å². The highest BCUT2D eigenvalue weighted by molar-refractivity contribution is 6.30. The van der Waals surface area contributed by atoms with Gasteiger partial charge in [0.1, 0.15) is 5.78 Å². The zero-order valence-corrected chi connectivity index (χ0v) is 11.0. The maximum Gasteiger partial charge on any atom is 0.137 e. The Labute approximate surface area is 112 Å². The van der Waals surface area contributed by atoms with Crippen LogP contribution in [0.25, 0.3) is 0 Å². The van der Waals surface area contributed by atoms with Crippen molar-refractivity contribution in [1.82, 2.24) is 0 Å². The van der Waals surface area contributed by atoms with Gasteiger partial charge in [0, 0.05) is 10.9 Å². The van der Waals surface area contributed by atoms with Crippen LogP contribution in [0.4, 0.5) is 0 Å². The number of ketones is 1. The van der Waals surface area contributed by atoms with Crippen LogP contribution in [0.1, 0.15) is 24.0 Å². The van der Waals surface area contributed by atoms with Gasteiger partial charge in [-0.25, -0.2) is 0 Å². The van der Waals surface area contributed by atoms with E-state index in [-0.39, 0.29) is 11.7 Å². The van der Waals surface area contributed by atoms with Crippen molar-refractivity contribution in [2.75, 3.05) is 0 Å². The predicted octanol–water partition coefficient (Wildman–Crippen LogP) is 4.26. The third-order valence-corrected chi connectivity index (χ3v) is 3.30. The third kappa shape index (κ3) is 3.21. The van der Waals surface area contributed by atoms with E-state index >= 15 is 0 Å². The average Bonchev–Trinajstić information content (AvgIpc) is 2.38. The lowest BCUT2D eigenvalue weighted by atomic mass is 9.89. The fourth-order valence-electron chi connectivity index (χ4n) is 2.04. The number of benzene rings is 2. The fraction of sp³-hybridized carbons (Fsp3) is 0.188. The summed E-state index contributed by atoms with van der Waals surface area (Å²) in [5, 5.41) is 0.695. The molecule has 0 amide bonds. The molecule has 0 aliphatic heterocycles. The molecule has 0 heterocycles. The van der Waals surface area contributed by atoms with Crippen LogP contribution in [0.3, 0.4) is 0 Å². The molecule has 0 radical (unpaired) electrons. The summed E-state index contributed by atoms with van der Waals surface area (Å²) in [4.78, 5) is 11.8. The van der Waals surface area contributed by atoms with E-state index in [1.807, 2.05) is 54.6 Å². The second kappa shape index (κ2) is 5.83. The lowest BCUT2D eigenvalue weighted by Crippen LogP contribution is -2.11. The predicted molar refractivity (Wildman–Crippen MR) is 75.0 cm³/mol. The third-order valence-electron chi connectivity index (χ3n) is 3.05. The smallest absolute Gasteiger partial charge is 0.137 e. The number of hydrogen-bond acceptors (Lipinski definition) is 1. The zero-order valence-electron chi connectivity index (χ0n) is 10.3. The van der Waals surface area contributed by atoms with Crippen molar-refractivity contribution in [2.24, 2.45) is 0 Å². The first-order valence-corrected chi connectivity index (χ1v) is 6.34. The summed E-state index contributed by atoms with van der Waals surface area (Å²) < 4.78 is 0. The molecule has 0 aromatic heterocycles. The Kier molecular flexibility index (Phi) is 4.16. The van der Waals surface area contributed by atoms with Gasteiger partial charge < -0.3 is 0 Å². The molecule has 1 nitrogen and oxygen atoms in total. The van der Waals surface area contributed by atoms with Crippen LogP contribution in [0.5, 0.6) is 0 Å². The Balaban J connectivity index is 2.24. The summed E-state index contributed by atoms with van der Waals surface area (Å²) in [7, 11) is 0. The highest BCUT2D eigenvalue weighted by Gasteiger charge is 2.17. The van der Waals surface area contributed by atoms with Gasteiger partial charge in [0.05, 0.1) is 0 Å². The first kappa shape index (κ1) is 12.8. The number of halogens is 1. The first-order valence-electron chi connectivity index (χ1n) is 5.96. The number of carbonyl (C=O) groups excluding carboxylic acids is 1. The lowest BCUT2D eigenvalue weighted by molar-refractivity contribution is -0.118. The number of hydrogen-bond donors (Lipinski definition) is 0. The van der Waals surface area contributed by atoms with Gasteiger partial charge in [-0.2, -0.15) is 0 Å². The second-order valence-corrected chi connectivity index (χ2v) is 4.84. The molecule has 2 rings (SSSR count). The van der Waals surface area contributed by atoms with Crippen molar-refractivity contribution >= 4 is 17.4 Å². The van der Waals surface area contributed by atoms with Crippen molar-refractivity contribution in [1.29, 1.82) is 0 Å². The normalized spacial score (nSPS) is 12.1. The minimum atomic E-state index is -0.0929. The molecule has 18 heavy (non-hydrogen) atoms. The standard InChI is InChI=1S/C16H15ClO/c1-12(18)16(11-13-5-3-2-4-6-13)14-7-9-15(17)10-8-14/h2-10,16H,11H2,1H3/t16-/m1/s1. The molecule has 0 saturated carbocycles. The van der Waals surface area contributed by atoms with Crippen LogP contribution in [0.15, 0.2) is 54.6 Å². The summed E-state index contributed by atoms with van der Waals surface area (Å²) in [5.41, 5.74) is 2.20. The number of Topliss-reactive ketones (excluding diaryl/α,β-unsaturated/α-hetero) is 1. The van der Waals surface area contributed by atoms with Gasteiger partial charge in [-0.15, -0.1) is 0 Å². The second-order valence-electron chi connectivity index (χ2n) is 4.40. The van der Waals surface area contributed by atoms with Gasteiger partial charge in [0.25, 0.3) is 0 Å². The maximum absolute atomic E-state index is 11.8. The summed E-state index contributed by atoms with van der Waals surface area (Å²) in [5.74, 6) is 0.0887. The van der Waals surface area contributed by atoms with Crippen molar-refractivity contribution in [2.45, 2.75) is 19.3 Å². The van der Waals surface area contributed by atoms with Gasteiger partial charge in [-0.3, -0.25) is 4.79 Å². The molecule has 0 aliphatic rings. The average molecular weight is 259 g/mol. The lowest BCUT2D eigenvalue weighted by Gasteiger charge is -2.14. The van der Waals surface area contributed by atoms with Crippen LogP contribution in [-0.4, -0.2) is 5.78 Å². The van der Waals surface area contributed by atoms with Crippen molar-refractivity contribution in [3.8, 4) is 0 Å². The molecule has 0 unspecified atom stereocenters. The van der Waals surface area contributed by atoms with Crippen LogP contribution < -0.4 is 0 Å². The Hall–Kier alpha value is -1.60. The Morgan fingerprint density at radius 1 is 1.06 bits per heavy atom. The van der Waals surface area contributed by atoms with Gasteiger partial charge in [-0.1, -0.05) is 54.1 Å². The number of rotatable bonds is 4.